The molecule has 0 spiro atoms. The van der Waals surface area contributed by atoms with Crippen LogP contribution in [0.4, 0.5) is 0 Å². The normalized spacial score (nSPS) is 11.1. The second-order valence-electron chi connectivity index (χ2n) is 5.02. The summed E-state index contributed by atoms with van der Waals surface area (Å²) in [7, 11) is 0. The van der Waals surface area contributed by atoms with Gasteiger partial charge in [-0.25, -0.2) is 5.84 Å². The summed E-state index contributed by atoms with van der Waals surface area (Å²) in [6.45, 7) is 9.55. The molecule has 5 heteroatoms. The number of pyridine rings is 1. The Hall–Kier alpha value is -1.46. The summed E-state index contributed by atoms with van der Waals surface area (Å²) in [5.41, 5.74) is 3.57. The highest BCUT2D eigenvalue weighted by molar-refractivity contribution is 5.93. The van der Waals surface area contributed by atoms with Gasteiger partial charge < -0.3 is 0 Å². The molecular formula is C15H26N4O. The van der Waals surface area contributed by atoms with Crippen LogP contribution in [0.3, 0.4) is 0 Å². The maximum atomic E-state index is 11.3. The molecule has 1 heterocycles. The standard InChI is InChI=1S/C15H26N4O/c1-4-12(5-2)10-19(6-3)11-14-8-7-13(9-17-14)15(20)18-16/h7-9,12H,4-6,10-11,16H2,1-3H3,(H,18,20). The molecule has 0 saturated carbocycles. The van der Waals surface area contributed by atoms with E-state index < -0.39 is 0 Å². The Morgan fingerprint density at radius 1 is 1.35 bits per heavy atom. The molecule has 0 aliphatic carbocycles. The molecule has 112 valence electrons. The fourth-order valence-electron chi connectivity index (χ4n) is 2.18. The van der Waals surface area contributed by atoms with E-state index in [-0.39, 0.29) is 5.91 Å². The number of amides is 1. The zero-order valence-electron chi connectivity index (χ0n) is 12.7. The number of nitrogens with one attached hydrogen (secondary N) is 1. The first-order chi connectivity index (χ1) is 9.64. The van der Waals surface area contributed by atoms with E-state index in [4.69, 9.17) is 5.84 Å². The highest BCUT2D eigenvalue weighted by atomic mass is 16.2. The van der Waals surface area contributed by atoms with Gasteiger partial charge in [0.15, 0.2) is 0 Å². The molecule has 0 aliphatic rings. The molecule has 0 saturated heterocycles. The molecule has 0 unspecified atom stereocenters. The zero-order valence-corrected chi connectivity index (χ0v) is 12.7. The number of hydrogen-bond donors (Lipinski definition) is 2. The van der Waals surface area contributed by atoms with Crippen molar-refractivity contribution in [3.05, 3.63) is 29.6 Å². The second-order valence-corrected chi connectivity index (χ2v) is 5.02. The molecule has 0 fully saturated rings. The first-order valence-corrected chi connectivity index (χ1v) is 7.32. The third kappa shape index (κ3) is 4.90. The maximum absolute atomic E-state index is 11.3. The second kappa shape index (κ2) is 8.66. The van der Waals surface area contributed by atoms with Crippen molar-refractivity contribution in [3.63, 3.8) is 0 Å². The van der Waals surface area contributed by atoms with Crippen LogP contribution in [0, 0.1) is 5.92 Å². The number of hydrazine groups is 1. The molecule has 0 aliphatic heterocycles. The summed E-state index contributed by atoms with van der Waals surface area (Å²) >= 11 is 0. The molecule has 1 aromatic heterocycles. The largest absolute Gasteiger partial charge is 0.298 e. The molecule has 0 atom stereocenters. The monoisotopic (exact) mass is 278 g/mol. The molecule has 1 amide bonds. The number of carbonyl (C=O) groups is 1. The summed E-state index contributed by atoms with van der Waals surface area (Å²) in [4.78, 5) is 18.1. The van der Waals surface area contributed by atoms with E-state index in [1.54, 1.807) is 12.3 Å². The molecular weight excluding hydrogens is 252 g/mol. The van der Waals surface area contributed by atoms with Gasteiger partial charge >= 0.3 is 0 Å². The van der Waals surface area contributed by atoms with Gasteiger partial charge in [0.1, 0.15) is 0 Å². The quantitative estimate of drug-likeness (QED) is 0.433. The molecule has 0 aromatic carbocycles. The van der Waals surface area contributed by atoms with Crippen molar-refractivity contribution in [2.24, 2.45) is 11.8 Å². The minimum Gasteiger partial charge on any atom is -0.298 e. The molecule has 1 rings (SSSR count). The number of hydrogen-bond acceptors (Lipinski definition) is 4. The van der Waals surface area contributed by atoms with Crippen molar-refractivity contribution in [1.29, 1.82) is 0 Å². The van der Waals surface area contributed by atoms with Gasteiger partial charge in [-0.3, -0.25) is 20.1 Å². The summed E-state index contributed by atoms with van der Waals surface area (Å²) in [5, 5.41) is 0. The Kier molecular flexibility index (Phi) is 7.18. The number of nitrogens with zero attached hydrogens (tertiary/aromatic N) is 2. The van der Waals surface area contributed by atoms with Gasteiger partial charge in [0.2, 0.25) is 0 Å². The number of nitrogens with two attached hydrogens (primary N) is 1. The fourth-order valence-corrected chi connectivity index (χ4v) is 2.18. The highest BCUT2D eigenvalue weighted by Gasteiger charge is 2.11. The zero-order chi connectivity index (χ0) is 15.0. The molecule has 0 radical (unpaired) electrons. The lowest BCUT2D eigenvalue weighted by molar-refractivity contribution is 0.0953. The van der Waals surface area contributed by atoms with Crippen LogP contribution in [0.2, 0.25) is 0 Å². The van der Waals surface area contributed by atoms with Gasteiger partial charge in [0, 0.05) is 19.3 Å². The fraction of sp³-hybridized carbons (Fsp3) is 0.600. The lowest BCUT2D eigenvalue weighted by Gasteiger charge is -2.24. The van der Waals surface area contributed by atoms with Gasteiger partial charge in [-0.2, -0.15) is 0 Å². The number of rotatable bonds is 8. The number of aromatic nitrogens is 1. The SMILES string of the molecule is CCC(CC)CN(CC)Cc1ccc(C(=O)NN)cn1. The summed E-state index contributed by atoms with van der Waals surface area (Å²) in [6.07, 6.45) is 3.98. The van der Waals surface area contributed by atoms with Crippen LogP contribution in [-0.4, -0.2) is 28.9 Å². The molecule has 1 aromatic rings. The maximum Gasteiger partial charge on any atom is 0.266 e. The average Bonchev–Trinajstić information content (AvgIpc) is 2.51. The lowest BCUT2D eigenvalue weighted by Crippen LogP contribution is -2.30. The Morgan fingerprint density at radius 2 is 2.05 bits per heavy atom. The van der Waals surface area contributed by atoms with Crippen LogP contribution in [0.1, 0.15) is 49.7 Å². The molecule has 3 N–H and O–H groups in total. The summed E-state index contributed by atoms with van der Waals surface area (Å²) in [5.74, 6) is 5.52. The lowest BCUT2D eigenvalue weighted by atomic mass is 10.0. The van der Waals surface area contributed by atoms with Gasteiger partial charge in [-0.05, 0) is 24.6 Å². The minimum absolute atomic E-state index is 0.312. The molecule has 5 nitrogen and oxygen atoms in total. The van der Waals surface area contributed by atoms with Crippen LogP contribution in [-0.2, 0) is 6.54 Å². The minimum atomic E-state index is -0.312. The molecule has 0 bridgehead atoms. The van der Waals surface area contributed by atoms with Crippen LogP contribution >= 0.6 is 0 Å². The highest BCUT2D eigenvalue weighted by Crippen LogP contribution is 2.12. The average molecular weight is 278 g/mol. The van der Waals surface area contributed by atoms with Gasteiger partial charge in [0.25, 0.3) is 5.91 Å². The van der Waals surface area contributed by atoms with Gasteiger partial charge in [-0.1, -0.05) is 33.6 Å². The van der Waals surface area contributed by atoms with E-state index in [0.717, 1.165) is 31.2 Å². The topological polar surface area (TPSA) is 71.2 Å². The van der Waals surface area contributed by atoms with Crippen molar-refractivity contribution in [1.82, 2.24) is 15.3 Å². The van der Waals surface area contributed by atoms with Crippen molar-refractivity contribution in [3.8, 4) is 0 Å². The van der Waals surface area contributed by atoms with Crippen LogP contribution in [0.15, 0.2) is 18.3 Å². The third-order valence-corrected chi connectivity index (χ3v) is 3.72. The van der Waals surface area contributed by atoms with Crippen LogP contribution < -0.4 is 11.3 Å². The predicted molar refractivity (Wildman–Crippen MR) is 80.9 cm³/mol. The van der Waals surface area contributed by atoms with E-state index in [2.05, 4.69) is 36.1 Å². The van der Waals surface area contributed by atoms with Crippen molar-refractivity contribution in [2.45, 2.75) is 40.2 Å². The smallest absolute Gasteiger partial charge is 0.266 e. The Balaban J connectivity index is 2.63. The van der Waals surface area contributed by atoms with E-state index in [1.165, 1.54) is 12.8 Å². The molecule has 20 heavy (non-hydrogen) atoms. The van der Waals surface area contributed by atoms with Crippen molar-refractivity contribution in [2.75, 3.05) is 13.1 Å². The first-order valence-electron chi connectivity index (χ1n) is 7.32. The van der Waals surface area contributed by atoms with E-state index in [0.29, 0.717) is 5.56 Å². The van der Waals surface area contributed by atoms with E-state index in [1.807, 2.05) is 6.07 Å². The van der Waals surface area contributed by atoms with Crippen LogP contribution in [0.25, 0.3) is 0 Å². The summed E-state index contributed by atoms with van der Waals surface area (Å²) < 4.78 is 0. The van der Waals surface area contributed by atoms with E-state index >= 15 is 0 Å². The first kappa shape index (κ1) is 16.6. The van der Waals surface area contributed by atoms with E-state index in [9.17, 15) is 4.79 Å². The predicted octanol–water partition coefficient (Wildman–Crippen LogP) is 1.94. The van der Waals surface area contributed by atoms with Crippen molar-refractivity contribution >= 4 is 5.91 Å². The Labute approximate surface area is 121 Å². The third-order valence-electron chi connectivity index (χ3n) is 3.72. The Morgan fingerprint density at radius 3 is 2.50 bits per heavy atom. The van der Waals surface area contributed by atoms with Crippen LogP contribution in [0.5, 0.6) is 0 Å². The van der Waals surface area contributed by atoms with Gasteiger partial charge in [-0.15, -0.1) is 0 Å². The summed E-state index contributed by atoms with van der Waals surface area (Å²) in [6, 6.07) is 3.65. The Bertz CT molecular complexity index is 401. The number of nitrogen functional groups attached to an aromatic ring is 1. The number of carbonyl (C=O) groups excluding carboxylic acids is 1. The van der Waals surface area contributed by atoms with Gasteiger partial charge in [0.05, 0.1) is 11.3 Å². The van der Waals surface area contributed by atoms with Crippen molar-refractivity contribution < 1.29 is 4.79 Å².